The Kier molecular flexibility index (Phi) is 5.73. The molecule has 1 aliphatic rings. The number of thioether (sulfide) groups is 1. The molecular formula is C20H22N2O3S. The van der Waals surface area contributed by atoms with Crippen LogP contribution < -0.4 is 20.1 Å². The molecule has 136 valence electrons. The predicted octanol–water partition coefficient (Wildman–Crippen LogP) is 3.87. The molecule has 1 saturated heterocycles. The predicted molar refractivity (Wildman–Crippen MR) is 106 cm³/mol. The molecule has 1 amide bonds. The molecule has 2 aromatic carbocycles. The zero-order valence-corrected chi connectivity index (χ0v) is 15.9. The normalized spacial score (nSPS) is 17.9. The van der Waals surface area contributed by atoms with E-state index < -0.39 is 0 Å². The van der Waals surface area contributed by atoms with Crippen LogP contribution in [0.15, 0.2) is 47.4 Å². The second kappa shape index (κ2) is 8.19. The Morgan fingerprint density at radius 1 is 1.12 bits per heavy atom. The second-order valence-electron chi connectivity index (χ2n) is 5.79. The van der Waals surface area contributed by atoms with Gasteiger partial charge in [-0.2, -0.15) is 0 Å². The SMILES string of the molecule is CCc1ccc(N[C@H]2NC(=O)/C(=C/c3ccc(OC)c(OC)c3)S2)cc1. The van der Waals surface area contributed by atoms with Crippen molar-refractivity contribution >= 4 is 29.4 Å². The Morgan fingerprint density at radius 2 is 1.85 bits per heavy atom. The maximum absolute atomic E-state index is 12.3. The van der Waals surface area contributed by atoms with Gasteiger partial charge in [0.1, 0.15) is 0 Å². The summed E-state index contributed by atoms with van der Waals surface area (Å²) < 4.78 is 10.6. The number of aryl methyl sites for hydroxylation is 1. The number of nitrogens with one attached hydrogen (secondary N) is 2. The van der Waals surface area contributed by atoms with E-state index in [0.717, 1.165) is 17.7 Å². The summed E-state index contributed by atoms with van der Waals surface area (Å²) in [6.45, 7) is 2.13. The Morgan fingerprint density at radius 3 is 2.50 bits per heavy atom. The molecule has 2 aromatic rings. The molecule has 1 atom stereocenters. The average molecular weight is 370 g/mol. The zero-order valence-electron chi connectivity index (χ0n) is 15.0. The standard InChI is InChI=1S/C20H22N2O3S/c1-4-13-5-8-15(9-6-13)21-20-22-19(23)18(26-20)12-14-7-10-16(24-2)17(11-14)25-3/h5-12,20-21H,4H2,1-3H3,(H,22,23)/b18-12-/t20-/m0/s1. The van der Waals surface area contributed by atoms with Gasteiger partial charge in [0.05, 0.1) is 19.1 Å². The quantitative estimate of drug-likeness (QED) is 0.756. The van der Waals surface area contributed by atoms with Crippen LogP contribution in [0.25, 0.3) is 6.08 Å². The summed E-state index contributed by atoms with van der Waals surface area (Å²) in [6, 6.07) is 13.8. The van der Waals surface area contributed by atoms with Gasteiger partial charge in [-0.15, -0.1) is 0 Å². The lowest BCUT2D eigenvalue weighted by atomic mass is 10.1. The zero-order chi connectivity index (χ0) is 18.5. The molecule has 0 saturated carbocycles. The summed E-state index contributed by atoms with van der Waals surface area (Å²) in [5, 5.41) is 6.27. The molecule has 1 aliphatic heterocycles. The van der Waals surface area contributed by atoms with Crippen molar-refractivity contribution < 1.29 is 14.3 Å². The molecule has 0 bridgehead atoms. The number of hydrogen-bond donors (Lipinski definition) is 2. The van der Waals surface area contributed by atoms with E-state index in [1.807, 2.05) is 36.4 Å². The molecule has 6 heteroatoms. The highest BCUT2D eigenvalue weighted by Gasteiger charge is 2.27. The van der Waals surface area contributed by atoms with Crippen LogP contribution in [-0.4, -0.2) is 25.6 Å². The Labute approximate surface area is 157 Å². The van der Waals surface area contributed by atoms with Crippen LogP contribution in [0.4, 0.5) is 5.69 Å². The van der Waals surface area contributed by atoms with Crippen LogP contribution in [0.3, 0.4) is 0 Å². The number of anilines is 1. The molecule has 5 nitrogen and oxygen atoms in total. The molecule has 0 spiro atoms. The van der Waals surface area contributed by atoms with Gasteiger partial charge in [-0.25, -0.2) is 0 Å². The first kappa shape index (κ1) is 18.2. The Balaban J connectivity index is 1.71. The summed E-state index contributed by atoms with van der Waals surface area (Å²) in [5.41, 5.74) is 2.95. The van der Waals surface area contributed by atoms with Gasteiger partial charge in [-0.1, -0.05) is 36.9 Å². The number of benzene rings is 2. The molecule has 0 aromatic heterocycles. The van der Waals surface area contributed by atoms with Gasteiger partial charge in [0.15, 0.2) is 17.0 Å². The third-order valence-corrected chi connectivity index (χ3v) is 5.12. The summed E-state index contributed by atoms with van der Waals surface area (Å²) in [4.78, 5) is 12.9. The number of rotatable bonds is 6. The number of ether oxygens (including phenoxy) is 2. The highest BCUT2D eigenvalue weighted by Crippen LogP contribution is 2.33. The van der Waals surface area contributed by atoms with Crippen LogP contribution in [-0.2, 0) is 11.2 Å². The highest BCUT2D eigenvalue weighted by molar-refractivity contribution is 8.05. The first-order valence-corrected chi connectivity index (χ1v) is 9.27. The second-order valence-corrected chi connectivity index (χ2v) is 6.94. The molecule has 1 heterocycles. The highest BCUT2D eigenvalue weighted by atomic mass is 32.2. The topological polar surface area (TPSA) is 59.6 Å². The summed E-state index contributed by atoms with van der Waals surface area (Å²) >= 11 is 1.46. The molecule has 2 N–H and O–H groups in total. The number of hydrogen-bond acceptors (Lipinski definition) is 5. The first-order valence-electron chi connectivity index (χ1n) is 8.39. The monoisotopic (exact) mass is 370 g/mol. The van der Waals surface area contributed by atoms with Crippen molar-refractivity contribution in [2.75, 3.05) is 19.5 Å². The van der Waals surface area contributed by atoms with Crippen molar-refractivity contribution in [3.63, 3.8) is 0 Å². The molecule has 0 unspecified atom stereocenters. The summed E-state index contributed by atoms with van der Waals surface area (Å²) in [6.07, 6.45) is 2.86. The fraction of sp³-hybridized carbons (Fsp3) is 0.250. The van der Waals surface area contributed by atoms with Gasteiger partial charge in [0, 0.05) is 5.69 Å². The number of carbonyl (C=O) groups is 1. The van der Waals surface area contributed by atoms with E-state index >= 15 is 0 Å². The van der Waals surface area contributed by atoms with Crippen molar-refractivity contribution in [3.8, 4) is 11.5 Å². The third-order valence-electron chi connectivity index (χ3n) is 4.10. The molecular weight excluding hydrogens is 348 g/mol. The largest absolute Gasteiger partial charge is 0.493 e. The molecule has 3 rings (SSSR count). The lowest BCUT2D eigenvalue weighted by Gasteiger charge is -2.12. The average Bonchev–Trinajstić information content (AvgIpc) is 3.01. The van der Waals surface area contributed by atoms with E-state index in [0.29, 0.717) is 16.4 Å². The van der Waals surface area contributed by atoms with E-state index in [9.17, 15) is 4.79 Å². The Hall–Kier alpha value is -2.60. The minimum atomic E-state index is -0.193. The van der Waals surface area contributed by atoms with E-state index in [4.69, 9.17) is 9.47 Å². The van der Waals surface area contributed by atoms with E-state index in [2.05, 4.69) is 29.7 Å². The van der Waals surface area contributed by atoms with E-state index in [1.165, 1.54) is 17.3 Å². The van der Waals surface area contributed by atoms with Gasteiger partial charge in [-0.3, -0.25) is 4.79 Å². The van der Waals surface area contributed by atoms with Gasteiger partial charge < -0.3 is 20.1 Å². The smallest absolute Gasteiger partial charge is 0.260 e. The number of amides is 1. The maximum Gasteiger partial charge on any atom is 0.260 e. The molecule has 0 radical (unpaired) electrons. The number of methoxy groups -OCH3 is 2. The van der Waals surface area contributed by atoms with Crippen molar-refractivity contribution in [3.05, 3.63) is 58.5 Å². The van der Waals surface area contributed by atoms with Gasteiger partial charge in [0.25, 0.3) is 5.91 Å². The van der Waals surface area contributed by atoms with Crippen molar-refractivity contribution in [1.29, 1.82) is 0 Å². The van der Waals surface area contributed by atoms with Crippen LogP contribution in [0, 0.1) is 0 Å². The lowest BCUT2D eigenvalue weighted by molar-refractivity contribution is -0.116. The van der Waals surface area contributed by atoms with Crippen molar-refractivity contribution in [2.24, 2.45) is 0 Å². The minimum Gasteiger partial charge on any atom is -0.493 e. The summed E-state index contributed by atoms with van der Waals surface area (Å²) in [5.74, 6) is 1.21. The van der Waals surface area contributed by atoms with Crippen molar-refractivity contribution in [1.82, 2.24) is 5.32 Å². The summed E-state index contributed by atoms with van der Waals surface area (Å²) in [7, 11) is 3.19. The third kappa shape index (κ3) is 4.14. The van der Waals surface area contributed by atoms with Crippen molar-refractivity contribution in [2.45, 2.75) is 18.8 Å². The lowest BCUT2D eigenvalue weighted by Crippen LogP contribution is -2.30. The maximum atomic E-state index is 12.3. The first-order chi connectivity index (χ1) is 12.6. The van der Waals surface area contributed by atoms with Crippen LogP contribution in [0.5, 0.6) is 11.5 Å². The van der Waals surface area contributed by atoms with Gasteiger partial charge in [-0.05, 0) is 47.9 Å². The van der Waals surface area contributed by atoms with Crippen LogP contribution >= 0.6 is 11.8 Å². The molecule has 0 aliphatic carbocycles. The van der Waals surface area contributed by atoms with E-state index in [-0.39, 0.29) is 11.4 Å². The van der Waals surface area contributed by atoms with Gasteiger partial charge in [0.2, 0.25) is 0 Å². The molecule has 26 heavy (non-hydrogen) atoms. The number of carbonyl (C=O) groups excluding carboxylic acids is 1. The molecule has 1 fully saturated rings. The van der Waals surface area contributed by atoms with E-state index in [1.54, 1.807) is 14.2 Å². The van der Waals surface area contributed by atoms with Crippen LogP contribution in [0.2, 0.25) is 0 Å². The van der Waals surface area contributed by atoms with Gasteiger partial charge >= 0.3 is 0 Å². The van der Waals surface area contributed by atoms with Crippen LogP contribution in [0.1, 0.15) is 18.1 Å². The minimum absolute atomic E-state index is 0.0903. The fourth-order valence-corrected chi connectivity index (χ4v) is 3.63. The Bertz CT molecular complexity index is 818. The fourth-order valence-electron chi connectivity index (χ4n) is 2.65.